The second-order valence-electron chi connectivity index (χ2n) is 4.95. The van der Waals surface area contributed by atoms with Gasteiger partial charge in [0, 0.05) is 11.8 Å². The highest BCUT2D eigenvalue weighted by atomic mass is 32.2. The molecule has 0 bridgehead atoms. The molecular formula is C14H16N2O5S. The van der Waals surface area contributed by atoms with Gasteiger partial charge < -0.3 is 4.42 Å². The molecule has 2 rings (SSSR count). The van der Waals surface area contributed by atoms with E-state index in [-0.39, 0.29) is 10.7 Å². The van der Waals surface area contributed by atoms with Gasteiger partial charge in [-0.1, -0.05) is 17.7 Å². The van der Waals surface area contributed by atoms with Crippen molar-refractivity contribution in [2.75, 3.05) is 0 Å². The third-order valence-electron chi connectivity index (χ3n) is 3.28. The van der Waals surface area contributed by atoms with Crippen molar-refractivity contribution < 1.29 is 17.8 Å². The molecule has 0 aliphatic carbocycles. The second-order valence-corrected chi connectivity index (χ2v) is 6.67. The van der Waals surface area contributed by atoms with Crippen molar-refractivity contribution in [1.29, 1.82) is 0 Å². The standard InChI is InChI=1S/C14H16N2O5S/c1-10-5-7-12(8-6-10)22(19,20)15-14(11(2)16(17)18)13-4-3-9-21-13/h3-9,11,14-15H,1-2H3. The molecule has 2 aromatic rings. The predicted octanol–water partition coefficient (Wildman–Crippen LogP) is 2.27. The van der Waals surface area contributed by atoms with Crippen molar-refractivity contribution >= 4 is 10.0 Å². The van der Waals surface area contributed by atoms with Gasteiger partial charge in [-0.2, -0.15) is 4.72 Å². The van der Waals surface area contributed by atoms with Crippen LogP contribution >= 0.6 is 0 Å². The lowest BCUT2D eigenvalue weighted by atomic mass is 10.1. The van der Waals surface area contributed by atoms with E-state index in [1.807, 2.05) is 6.92 Å². The monoisotopic (exact) mass is 324 g/mol. The Morgan fingerprint density at radius 2 is 1.86 bits per heavy atom. The Morgan fingerprint density at radius 3 is 2.36 bits per heavy atom. The number of furan rings is 1. The molecule has 1 N–H and O–H groups in total. The Morgan fingerprint density at radius 1 is 1.23 bits per heavy atom. The van der Waals surface area contributed by atoms with Gasteiger partial charge in [0.2, 0.25) is 16.1 Å². The number of aryl methyl sites for hydroxylation is 1. The Hall–Kier alpha value is -2.19. The van der Waals surface area contributed by atoms with Crippen LogP contribution in [-0.2, 0) is 10.0 Å². The number of nitro groups is 1. The lowest BCUT2D eigenvalue weighted by molar-refractivity contribution is -0.523. The SMILES string of the molecule is Cc1ccc(S(=O)(=O)NC(c2ccco2)C(C)[N+](=O)[O-])cc1. The topological polar surface area (TPSA) is 102 Å². The van der Waals surface area contributed by atoms with E-state index in [0.29, 0.717) is 0 Å². The van der Waals surface area contributed by atoms with Crippen molar-refractivity contribution in [1.82, 2.24) is 4.72 Å². The molecule has 118 valence electrons. The molecule has 1 aromatic carbocycles. The number of sulfonamides is 1. The average molecular weight is 324 g/mol. The van der Waals surface area contributed by atoms with Gasteiger partial charge in [0.1, 0.15) is 11.8 Å². The van der Waals surface area contributed by atoms with E-state index in [2.05, 4.69) is 4.72 Å². The molecule has 0 amide bonds. The third-order valence-corrected chi connectivity index (χ3v) is 4.74. The van der Waals surface area contributed by atoms with Crippen LogP contribution in [0.3, 0.4) is 0 Å². The summed E-state index contributed by atoms with van der Waals surface area (Å²) in [6, 6.07) is 7.02. The summed E-state index contributed by atoms with van der Waals surface area (Å²) in [5, 5.41) is 11.0. The summed E-state index contributed by atoms with van der Waals surface area (Å²) in [6.07, 6.45) is 1.34. The molecule has 7 nitrogen and oxygen atoms in total. The molecule has 1 aromatic heterocycles. The van der Waals surface area contributed by atoms with Crippen LogP contribution in [0.1, 0.15) is 24.3 Å². The van der Waals surface area contributed by atoms with E-state index >= 15 is 0 Å². The van der Waals surface area contributed by atoms with Crippen LogP contribution in [0.15, 0.2) is 52.0 Å². The Kier molecular flexibility index (Phi) is 4.62. The van der Waals surface area contributed by atoms with Crippen LogP contribution < -0.4 is 4.72 Å². The molecule has 0 spiro atoms. The van der Waals surface area contributed by atoms with Gasteiger partial charge in [-0.25, -0.2) is 8.42 Å². The first-order chi connectivity index (χ1) is 10.3. The van der Waals surface area contributed by atoms with Gasteiger partial charge in [0.25, 0.3) is 0 Å². The van der Waals surface area contributed by atoms with E-state index in [9.17, 15) is 18.5 Å². The second kappa shape index (κ2) is 6.29. The molecule has 0 aliphatic heterocycles. The number of nitrogens with one attached hydrogen (secondary N) is 1. The van der Waals surface area contributed by atoms with Gasteiger partial charge in [0.05, 0.1) is 11.2 Å². The highest BCUT2D eigenvalue weighted by Crippen LogP contribution is 2.22. The van der Waals surface area contributed by atoms with E-state index < -0.39 is 27.0 Å². The molecule has 0 saturated heterocycles. The molecule has 8 heteroatoms. The maximum absolute atomic E-state index is 12.4. The third kappa shape index (κ3) is 3.52. The molecule has 0 aliphatic rings. The van der Waals surface area contributed by atoms with Crippen molar-refractivity contribution in [3.63, 3.8) is 0 Å². The number of rotatable bonds is 6. The van der Waals surface area contributed by atoms with Crippen LogP contribution in [0.4, 0.5) is 0 Å². The highest BCUT2D eigenvalue weighted by molar-refractivity contribution is 7.89. The zero-order valence-corrected chi connectivity index (χ0v) is 12.9. The molecule has 0 radical (unpaired) electrons. The summed E-state index contributed by atoms with van der Waals surface area (Å²) in [6.45, 7) is 3.16. The van der Waals surface area contributed by atoms with Crippen molar-refractivity contribution in [3.05, 3.63) is 64.1 Å². The maximum Gasteiger partial charge on any atom is 0.241 e. The lowest BCUT2D eigenvalue weighted by Gasteiger charge is -2.18. The molecule has 1 heterocycles. The summed E-state index contributed by atoms with van der Waals surface area (Å²) in [7, 11) is -3.90. The molecule has 0 fully saturated rings. The van der Waals surface area contributed by atoms with Crippen molar-refractivity contribution in [2.24, 2.45) is 0 Å². The molecular weight excluding hydrogens is 308 g/mol. The largest absolute Gasteiger partial charge is 0.467 e. The van der Waals surface area contributed by atoms with Crippen LogP contribution in [0.5, 0.6) is 0 Å². The van der Waals surface area contributed by atoms with Crippen LogP contribution in [0.2, 0.25) is 0 Å². The van der Waals surface area contributed by atoms with Crippen LogP contribution in [-0.4, -0.2) is 19.4 Å². The number of hydrogen-bond donors (Lipinski definition) is 1. The summed E-state index contributed by atoms with van der Waals surface area (Å²) >= 11 is 0. The van der Waals surface area contributed by atoms with Gasteiger partial charge in [-0.3, -0.25) is 10.1 Å². The van der Waals surface area contributed by atoms with E-state index in [4.69, 9.17) is 4.42 Å². The lowest BCUT2D eigenvalue weighted by Crippen LogP contribution is -2.38. The normalized spacial score (nSPS) is 14.5. The molecule has 2 atom stereocenters. The van der Waals surface area contributed by atoms with Crippen LogP contribution in [0.25, 0.3) is 0 Å². The quantitative estimate of drug-likeness (QED) is 0.648. The Bertz CT molecular complexity index is 738. The molecule has 22 heavy (non-hydrogen) atoms. The maximum atomic E-state index is 12.4. The smallest absolute Gasteiger partial charge is 0.241 e. The molecule has 0 saturated carbocycles. The highest BCUT2D eigenvalue weighted by Gasteiger charge is 2.34. The first-order valence-corrected chi connectivity index (χ1v) is 8.05. The van der Waals surface area contributed by atoms with Gasteiger partial charge in [0.15, 0.2) is 0 Å². The summed E-state index contributed by atoms with van der Waals surface area (Å²) in [5.41, 5.74) is 0.917. The van der Waals surface area contributed by atoms with Gasteiger partial charge in [-0.05, 0) is 31.2 Å². The fourth-order valence-corrected chi connectivity index (χ4v) is 3.21. The van der Waals surface area contributed by atoms with Crippen molar-refractivity contribution in [3.8, 4) is 0 Å². The Balaban J connectivity index is 2.34. The minimum atomic E-state index is -3.90. The zero-order chi connectivity index (χ0) is 16.3. The zero-order valence-electron chi connectivity index (χ0n) is 12.1. The van der Waals surface area contributed by atoms with E-state index in [1.54, 1.807) is 18.2 Å². The first kappa shape index (κ1) is 16.2. The number of hydrogen-bond acceptors (Lipinski definition) is 5. The van der Waals surface area contributed by atoms with E-state index in [1.165, 1.54) is 31.4 Å². The minimum Gasteiger partial charge on any atom is -0.467 e. The summed E-state index contributed by atoms with van der Waals surface area (Å²) < 4.78 is 32.3. The van der Waals surface area contributed by atoms with Crippen molar-refractivity contribution in [2.45, 2.75) is 30.8 Å². The molecule has 2 unspecified atom stereocenters. The number of nitrogens with zero attached hydrogens (tertiary/aromatic N) is 1. The van der Waals surface area contributed by atoms with Gasteiger partial charge >= 0.3 is 0 Å². The first-order valence-electron chi connectivity index (χ1n) is 6.57. The summed E-state index contributed by atoms with van der Waals surface area (Å²) in [4.78, 5) is 10.5. The van der Waals surface area contributed by atoms with E-state index in [0.717, 1.165) is 5.56 Å². The summed E-state index contributed by atoms with van der Waals surface area (Å²) in [5.74, 6) is 0.194. The fraction of sp³-hybridized carbons (Fsp3) is 0.286. The van der Waals surface area contributed by atoms with Gasteiger partial charge in [-0.15, -0.1) is 0 Å². The predicted molar refractivity (Wildman–Crippen MR) is 79.4 cm³/mol. The Labute approximate surface area is 128 Å². The fourth-order valence-electron chi connectivity index (χ4n) is 1.94. The van der Waals surface area contributed by atoms with Crippen LogP contribution in [0, 0.1) is 17.0 Å². The number of benzene rings is 1. The average Bonchev–Trinajstić information content (AvgIpc) is 2.98. The minimum absolute atomic E-state index is 0.0465.